The molecule has 0 aliphatic carbocycles. The maximum atomic E-state index is 13.2. The molecule has 32 heavy (non-hydrogen) atoms. The number of rotatable bonds is 6. The molecule has 4 rings (SSSR count). The van der Waals surface area contributed by atoms with Gasteiger partial charge in [-0.05, 0) is 20.8 Å². The Kier molecular flexibility index (Phi) is 5.72. The van der Waals surface area contributed by atoms with Crippen LogP contribution in [0.4, 0.5) is 4.79 Å². The Morgan fingerprint density at radius 3 is 2.53 bits per heavy atom. The van der Waals surface area contributed by atoms with Crippen molar-refractivity contribution < 1.29 is 33.7 Å². The molecule has 4 heterocycles. The van der Waals surface area contributed by atoms with Crippen molar-refractivity contribution in [1.82, 2.24) is 14.3 Å². The molecule has 0 spiro atoms. The predicted octanol–water partition coefficient (Wildman–Crippen LogP) is 2.42. The summed E-state index contributed by atoms with van der Waals surface area (Å²) in [5, 5.41) is 10.1. The van der Waals surface area contributed by atoms with Crippen LogP contribution in [0, 0.1) is 11.8 Å². The molecule has 1 saturated heterocycles. The Morgan fingerprint density at radius 2 is 1.91 bits per heavy atom. The number of esters is 1. The summed E-state index contributed by atoms with van der Waals surface area (Å²) in [6.45, 7) is 8.22. The van der Waals surface area contributed by atoms with E-state index in [-0.39, 0.29) is 29.7 Å². The fourth-order valence-corrected chi connectivity index (χ4v) is 5.43. The maximum absolute atomic E-state index is 13.2. The smallest absolute Gasteiger partial charge is 0.431 e. The van der Waals surface area contributed by atoms with Crippen LogP contribution in [0.5, 0.6) is 0 Å². The number of carbonyl (C=O) groups excluding carboxylic acids is 3. The van der Waals surface area contributed by atoms with E-state index >= 15 is 0 Å². The highest BCUT2D eigenvalue weighted by atomic mass is 32.1. The number of carbonyl (C=O) groups is 3. The second kappa shape index (κ2) is 8.21. The van der Waals surface area contributed by atoms with E-state index < -0.39 is 30.4 Å². The minimum Gasteiger partial charge on any atom is -0.431 e. The molecule has 2 aromatic heterocycles. The van der Waals surface area contributed by atoms with Crippen LogP contribution in [0.1, 0.15) is 39.5 Å². The summed E-state index contributed by atoms with van der Waals surface area (Å²) in [5.74, 6) is -1.94. The molecule has 172 valence electrons. The Balaban J connectivity index is 1.65. The molecule has 10 nitrogen and oxygen atoms in total. The Labute approximate surface area is 188 Å². The van der Waals surface area contributed by atoms with E-state index in [1.165, 1.54) is 23.2 Å². The van der Waals surface area contributed by atoms with Gasteiger partial charge in [0.1, 0.15) is 10.5 Å². The number of β-lactam (4-membered cyclic amide) rings is 1. The SMILES string of the molecule is CC(C)OC(=O)OC(C)OC(=O)C1=C(c2cn3cncc3s2)[C@H](C)[C@@H]2[C@@H]([C@@H](C)O)C(=O)N12. The molecular weight excluding hydrogens is 438 g/mol. The van der Waals surface area contributed by atoms with Crippen LogP contribution < -0.4 is 0 Å². The van der Waals surface area contributed by atoms with E-state index in [9.17, 15) is 19.5 Å². The van der Waals surface area contributed by atoms with Crippen molar-refractivity contribution in [3.8, 4) is 0 Å². The van der Waals surface area contributed by atoms with Gasteiger partial charge < -0.3 is 24.2 Å². The van der Waals surface area contributed by atoms with Crippen molar-refractivity contribution >= 4 is 39.8 Å². The first-order valence-electron chi connectivity index (χ1n) is 10.4. The molecule has 1 amide bonds. The lowest BCUT2D eigenvalue weighted by atomic mass is 9.77. The van der Waals surface area contributed by atoms with Crippen LogP contribution in [0.15, 0.2) is 24.4 Å². The van der Waals surface area contributed by atoms with E-state index in [2.05, 4.69) is 4.98 Å². The molecule has 0 bridgehead atoms. The lowest BCUT2D eigenvalue weighted by Crippen LogP contribution is -2.63. The van der Waals surface area contributed by atoms with Crippen LogP contribution in [0.25, 0.3) is 10.4 Å². The fraction of sp³-hybridized carbons (Fsp3) is 0.524. The summed E-state index contributed by atoms with van der Waals surface area (Å²) in [6, 6.07) is -0.359. The van der Waals surface area contributed by atoms with Crippen molar-refractivity contribution in [2.75, 3.05) is 0 Å². The maximum Gasteiger partial charge on any atom is 0.511 e. The summed E-state index contributed by atoms with van der Waals surface area (Å²) in [6.07, 6.45) is 1.81. The lowest BCUT2D eigenvalue weighted by Gasteiger charge is -2.46. The van der Waals surface area contributed by atoms with Crippen molar-refractivity contribution in [3.63, 3.8) is 0 Å². The molecule has 0 aromatic carbocycles. The van der Waals surface area contributed by atoms with Crippen molar-refractivity contribution in [3.05, 3.63) is 29.3 Å². The molecular formula is C21H25N3O7S. The third-order valence-corrected chi connectivity index (χ3v) is 6.67. The average Bonchev–Trinajstić information content (AvgIpc) is 3.31. The summed E-state index contributed by atoms with van der Waals surface area (Å²) in [7, 11) is 0. The number of ether oxygens (including phenoxy) is 3. The van der Waals surface area contributed by atoms with Gasteiger partial charge in [-0.1, -0.05) is 6.92 Å². The summed E-state index contributed by atoms with van der Waals surface area (Å²) >= 11 is 1.43. The highest BCUT2D eigenvalue weighted by molar-refractivity contribution is 7.18. The first-order chi connectivity index (χ1) is 15.1. The minimum atomic E-state index is -1.22. The molecule has 1 fully saturated rings. The summed E-state index contributed by atoms with van der Waals surface area (Å²) in [5.41, 5.74) is 0.761. The monoisotopic (exact) mass is 463 g/mol. The van der Waals surface area contributed by atoms with Gasteiger partial charge in [0.2, 0.25) is 12.2 Å². The molecule has 11 heteroatoms. The normalized spacial score (nSPS) is 24.4. The van der Waals surface area contributed by atoms with Crippen molar-refractivity contribution in [2.24, 2.45) is 11.8 Å². The molecule has 2 aliphatic heterocycles. The molecule has 2 aromatic rings. The number of thiazole rings is 1. The van der Waals surface area contributed by atoms with Gasteiger partial charge in [-0.3, -0.25) is 9.20 Å². The lowest BCUT2D eigenvalue weighted by molar-refractivity contribution is -0.174. The van der Waals surface area contributed by atoms with Crippen LogP contribution in [0.2, 0.25) is 0 Å². The largest absolute Gasteiger partial charge is 0.511 e. The highest BCUT2D eigenvalue weighted by Gasteiger charge is 2.60. The van der Waals surface area contributed by atoms with Gasteiger partial charge in [-0.2, -0.15) is 0 Å². The first kappa shape index (κ1) is 22.3. The second-order valence-corrected chi connectivity index (χ2v) is 9.32. The molecule has 0 radical (unpaired) electrons. The quantitative estimate of drug-likeness (QED) is 0.394. The zero-order valence-electron chi connectivity index (χ0n) is 18.3. The molecule has 1 unspecified atom stereocenters. The number of fused-ring (bicyclic) bond motifs is 2. The second-order valence-electron chi connectivity index (χ2n) is 8.26. The van der Waals surface area contributed by atoms with Gasteiger partial charge >= 0.3 is 12.1 Å². The van der Waals surface area contributed by atoms with Gasteiger partial charge in [0, 0.05) is 24.6 Å². The Bertz CT molecular complexity index is 1070. The number of amides is 1. The summed E-state index contributed by atoms with van der Waals surface area (Å²) in [4.78, 5) is 44.9. The zero-order chi connectivity index (χ0) is 23.3. The first-order valence-corrected chi connectivity index (χ1v) is 11.2. The predicted molar refractivity (Wildman–Crippen MR) is 113 cm³/mol. The average molecular weight is 464 g/mol. The number of aliphatic hydroxyl groups excluding tert-OH is 1. The van der Waals surface area contributed by atoms with Gasteiger partial charge in [-0.25, -0.2) is 14.6 Å². The van der Waals surface area contributed by atoms with Crippen LogP contribution in [0.3, 0.4) is 0 Å². The Morgan fingerprint density at radius 1 is 1.19 bits per heavy atom. The Hall–Kier alpha value is -2.92. The minimum absolute atomic E-state index is 0.106. The van der Waals surface area contributed by atoms with Crippen molar-refractivity contribution in [2.45, 2.75) is 59.2 Å². The van der Waals surface area contributed by atoms with Gasteiger partial charge in [0.05, 0.1) is 41.6 Å². The summed E-state index contributed by atoms with van der Waals surface area (Å²) < 4.78 is 17.1. The zero-order valence-corrected chi connectivity index (χ0v) is 19.2. The van der Waals surface area contributed by atoms with Gasteiger partial charge in [0.25, 0.3) is 0 Å². The van der Waals surface area contributed by atoms with Gasteiger partial charge in [0.15, 0.2) is 0 Å². The number of hydrogen-bond acceptors (Lipinski definition) is 9. The van der Waals surface area contributed by atoms with Crippen molar-refractivity contribution in [1.29, 1.82) is 0 Å². The molecule has 2 aliphatic rings. The third kappa shape index (κ3) is 3.65. The molecule has 5 atom stereocenters. The van der Waals surface area contributed by atoms with E-state index in [0.717, 1.165) is 9.71 Å². The van der Waals surface area contributed by atoms with Gasteiger partial charge in [-0.15, -0.1) is 11.3 Å². The van der Waals surface area contributed by atoms with E-state index in [1.807, 2.05) is 17.5 Å². The highest BCUT2D eigenvalue weighted by Crippen LogP contribution is 2.51. The number of nitrogens with zero attached hydrogens (tertiary/aromatic N) is 3. The standard InChI is InChI=1S/C21H25N3O7S/c1-9(2)29-21(28)31-12(5)30-20(27)18-15(13-7-23-8-22-6-14(23)32-13)10(3)17-16(11(4)25)19(26)24(17)18/h6-12,16-17,25H,1-5H3/t10-,11+,12?,16+,17+/m0/s1. The topological polar surface area (TPSA) is 120 Å². The number of hydrogen-bond donors (Lipinski definition) is 1. The number of aliphatic hydroxyl groups is 1. The van der Waals surface area contributed by atoms with E-state index in [0.29, 0.717) is 5.57 Å². The molecule has 1 N–H and O–H groups in total. The fourth-order valence-electron chi connectivity index (χ4n) is 4.33. The number of aromatic nitrogens is 2. The molecule has 0 saturated carbocycles. The van der Waals surface area contributed by atoms with Crippen LogP contribution in [-0.4, -0.2) is 62.0 Å². The van der Waals surface area contributed by atoms with Crippen LogP contribution in [-0.2, 0) is 23.8 Å². The number of imidazole rings is 1. The van der Waals surface area contributed by atoms with E-state index in [1.54, 1.807) is 33.3 Å². The van der Waals surface area contributed by atoms with E-state index in [4.69, 9.17) is 14.2 Å². The van der Waals surface area contributed by atoms with Crippen LogP contribution >= 0.6 is 11.3 Å². The third-order valence-electron chi connectivity index (χ3n) is 5.60.